The number of rotatable bonds is 4. The van der Waals surface area contributed by atoms with Crippen molar-refractivity contribution in [1.82, 2.24) is 4.98 Å². The molecule has 138 valence electrons. The summed E-state index contributed by atoms with van der Waals surface area (Å²) in [6.07, 6.45) is 2.66. The normalized spacial score (nSPS) is 11.2. The van der Waals surface area contributed by atoms with Gasteiger partial charge in [-0.05, 0) is 36.4 Å². The van der Waals surface area contributed by atoms with Crippen LogP contribution in [0.4, 0.5) is 5.69 Å². The molecule has 0 fully saturated rings. The molecule has 0 aliphatic heterocycles. The number of anilines is 1. The van der Waals surface area contributed by atoms with Crippen LogP contribution >= 0.6 is 23.2 Å². The number of pyridine rings is 1. The number of nitrogens with one attached hydrogen (secondary N) is 1. The number of para-hydroxylation sites is 1. The van der Waals surface area contributed by atoms with Crippen LogP contribution in [0.2, 0.25) is 10.0 Å². The van der Waals surface area contributed by atoms with E-state index in [2.05, 4.69) is 10.3 Å². The van der Waals surface area contributed by atoms with Crippen molar-refractivity contribution in [3.63, 3.8) is 0 Å². The molecule has 0 aliphatic carbocycles. The van der Waals surface area contributed by atoms with Gasteiger partial charge in [0.05, 0.1) is 26.9 Å². The molecule has 2 aromatic carbocycles. The van der Waals surface area contributed by atoms with Crippen molar-refractivity contribution in [1.29, 1.82) is 0 Å². The monoisotopic (exact) mass is 420 g/mol. The number of carbonyl (C=O) groups is 1. The summed E-state index contributed by atoms with van der Waals surface area (Å²) in [5, 5.41) is 3.37. The first-order valence-electron chi connectivity index (χ1n) is 7.77. The largest absolute Gasteiger partial charge is 0.321 e. The highest BCUT2D eigenvalue weighted by Gasteiger charge is 2.16. The fourth-order valence-corrected chi connectivity index (χ4v) is 3.61. The number of amides is 1. The molecule has 5 nitrogen and oxygen atoms in total. The van der Waals surface area contributed by atoms with Gasteiger partial charge in [0.2, 0.25) is 0 Å². The second-order valence-corrected chi connectivity index (χ2v) is 8.63. The van der Waals surface area contributed by atoms with Gasteiger partial charge < -0.3 is 5.32 Å². The van der Waals surface area contributed by atoms with Crippen molar-refractivity contribution in [3.8, 4) is 11.3 Å². The Hall–Kier alpha value is -2.41. The lowest BCUT2D eigenvalue weighted by Crippen LogP contribution is -2.13. The molecule has 3 aromatic rings. The lowest BCUT2D eigenvalue weighted by Gasteiger charge is -2.12. The van der Waals surface area contributed by atoms with E-state index in [9.17, 15) is 13.2 Å². The number of aromatic nitrogens is 1. The molecule has 0 saturated carbocycles. The van der Waals surface area contributed by atoms with E-state index >= 15 is 0 Å². The maximum atomic E-state index is 12.7. The van der Waals surface area contributed by atoms with Gasteiger partial charge in [0, 0.05) is 23.0 Å². The summed E-state index contributed by atoms with van der Waals surface area (Å²) < 4.78 is 23.2. The van der Waals surface area contributed by atoms with E-state index in [-0.39, 0.29) is 15.5 Å². The standard InChI is InChI=1S/C19H14Cl2N2O3S/c1-27(25,26)13-6-7-14(16(21)11-13)19(24)23-17-5-3-2-4-15(17)18-10-12(20)8-9-22-18/h2-11H,1H3,(H,23,24). The van der Waals surface area contributed by atoms with Crippen molar-refractivity contribution >= 4 is 44.6 Å². The summed E-state index contributed by atoms with van der Waals surface area (Å²) in [6.45, 7) is 0. The molecule has 0 atom stereocenters. The van der Waals surface area contributed by atoms with Crippen molar-refractivity contribution in [2.24, 2.45) is 0 Å². The molecule has 0 aliphatic rings. The molecule has 0 radical (unpaired) electrons. The highest BCUT2D eigenvalue weighted by molar-refractivity contribution is 7.90. The number of halogens is 2. The average Bonchev–Trinajstić information content (AvgIpc) is 2.61. The first-order valence-corrected chi connectivity index (χ1v) is 10.4. The van der Waals surface area contributed by atoms with Crippen LogP contribution in [-0.2, 0) is 9.84 Å². The molecule has 8 heteroatoms. The molecular weight excluding hydrogens is 407 g/mol. The summed E-state index contributed by atoms with van der Waals surface area (Å²) in [4.78, 5) is 17.0. The molecular formula is C19H14Cl2N2O3S. The Kier molecular flexibility index (Phi) is 5.51. The lowest BCUT2D eigenvalue weighted by molar-refractivity contribution is 0.102. The van der Waals surface area contributed by atoms with E-state index in [0.717, 1.165) is 6.26 Å². The minimum Gasteiger partial charge on any atom is -0.321 e. The molecule has 1 heterocycles. The number of benzene rings is 2. The number of nitrogens with zero attached hydrogens (tertiary/aromatic N) is 1. The van der Waals surface area contributed by atoms with Gasteiger partial charge in [0.1, 0.15) is 0 Å². The van der Waals surface area contributed by atoms with E-state index in [4.69, 9.17) is 23.2 Å². The number of sulfone groups is 1. The van der Waals surface area contributed by atoms with Gasteiger partial charge in [-0.15, -0.1) is 0 Å². The van der Waals surface area contributed by atoms with Crippen LogP contribution in [0.5, 0.6) is 0 Å². The molecule has 1 N–H and O–H groups in total. The Labute approximate surface area is 166 Å². The van der Waals surface area contributed by atoms with Gasteiger partial charge in [-0.25, -0.2) is 8.42 Å². The summed E-state index contributed by atoms with van der Waals surface area (Å²) in [7, 11) is -3.41. The quantitative estimate of drug-likeness (QED) is 0.662. The van der Waals surface area contributed by atoms with Gasteiger partial charge in [0.25, 0.3) is 5.91 Å². The molecule has 0 unspecified atom stereocenters. The van der Waals surface area contributed by atoms with Gasteiger partial charge in [-0.1, -0.05) is 41.4 Å². The highest BCUT2D eigenvalue weighted by atomic mass is 35.5. The van der Waals surface area contributed by atoms with Gasteiger partial charge >= 0.3 is 0 Å². The van der Waals surface area contributed by atoms with Crippen LogP contribution in [0.25, 0.3) is 11.3 Å². The average molecular weight is 421 g/mol. The zero-order valence-corrected chi connectivity index (χ0v) is 16.4. The first-order chi connectivity index (χ1) is 12.8. The zero-order valence-electron chi connectivity index (χ0n) is 14.1. The van der Waals surface area contributed by atoms with E-state index in [1.54, 1.807) is 30.5 Å². The Balaban J connectivity index is 1.94. The Morgan fingerprint density at radius 3 is 2.44 bits per heavy atom. The predicted molar refractivity (Wildman–Crippen MR) is 107 cm³/mol. The maximum Gasteiger partial charge on any atom is 0.257 e. The van der Waals surface area contributed by atoms with E-state index in [0.29, 0.717) is 22.0 Å². The molecule has 0 spiro atoms. The minimum absolute atomic E-state index is 0.0487. The third kappa shape index (κ3) is 4.47. The number of carbonyl (C=O) groups excluding carboxylic acids is 1. The van der Waals surface area contributed by atoms with Crippen molar-refractivity contribution < 1.29 is 13.2 Å². The van der Waals surface area contributed by atoms with Crippen LogP contribution in [0.15, 0.2) is 65.7 Å². The smallest absolute Gasteiger partial charge is 0.257 e. The molecule has 1 aromatic heterocycles. The fourth-order valence-electron chi connectivity index (χ4n) is 2.47. The van der Waals surface area contributed by atoms with Crippen molar-refractivity contribution in [2.45, 2.75) is 4.90 Å². The second kappa shape index (κ2) is 7.68. The summed E-state index contributed by atoms with van der Waals surface area (Å²) in [5.74, 6) is -0.463. The maximum absolute atomic E-state index is 12.7. The molecule has 0 saturated heterocycles. The van der Waals surface area contributed by atoms with E-state index < -0.39 is 15.7 Å². The van der Waals surface area contributed by atoms with Gasteiger partial charge in [-0.3, -0.25) is 9.78 Å². The SMILES string of the molecule is CS(=O)(=O)c1ccc(C(=O)Nc2ccccc2-c2cc(Cl)ccn2)c(Cl)c1. The molecule has 1 amide bonds. The number of hydrogen-bond acceptors (Lipinski definition) is 4. The van der Waals surface area contributed by atoms with E-state index in [1.165, 1.54) is 18.2 Å². The van der Waals surface area contributed by atoms with Crippen LogP contribution < -0.4 is 5.32 Å². The minimum atomic E-state index is -3.41. The Morgan fingerprint density at radius 2 is 1.78 bits per heavy atom. The molecule has 0 bridgehead atoms. The lowest BCUT2D eigenvalue weighted by atomic mass is 10.1. The van der Waals surface area contributed by atoms with Gasteiger partial charge in [0.15, 0.2) is 9.84 Å². The second-order valence-electron chi connectivity index (χ2n) is 5.77. The summed E-state index contributed by atoms with van der Waals surface area (Å²) in [5.41, 5.74) is 1.99. The third-order valence-corrected chi connectivity index (χ3v) is 5.44. The van der Waals surface area contributed by atoms with Crippen LogP contribution in [-0.4, -0.2) is 25.6 Å². The summed E-state index contributed by atoms with van der Waals surface area (Å²) >= 11 is 12.1. The topological polar surface area (TPSA) is 76.1 Å². The number of hydrogen-bond donors (Lipinski definition) is 1. The van der Waals surface area contributed by atoms with Gasteiger partial charge in [-0.2, -0.15) is 0 Å². The first kappa shape index (κ1) is 19.4. The zero-order chi connectivity index (χ0) is 19.6. The Morgan fingerprint density at radius 1 is 1.04 bits per heavy atom. The van der Waals surface area contributed by atoms with Crippen LogP contribution in [0, 0.1) is 0 Å². The Bertz CT molecular complexity index is 1130. The van der Waals surface area contributed by atoms with Crippen molar-refractivity contribution in [2.75, 3.05) is 11.6 Å². The highest BCUT2D eigenvalue weighted by Crippen LogP contribution is 2.29. The predicted octanol–water partition coefficient (Wildman–Crippen LogP) is 4.71. The third-order valence-electron chi connectivity index (χ3n) is 3.79. The van der Waals surface area contributed by atoms with E-state index in [1.807, 2.05) is 12.1 Å². The van der Waals surface area contributed by atoms with Crippen LogP contribution in [0.3, 0.4) is 0 Å². The molecule has 27 heavy (non-hydrogen) atoms. The summed E-state index contributed by atoms with van der Waals surface area (Å²) in [6, 6.07) is 14.5. The van der Waals surface area contributed by atoms with Crippen molar-refractivity contribution in [3.05, 3.63) is 76.4 Å². The van der Waals surface area contributed by atoms with Crippen LogP contribution in [0.1, 0.15) is 10.4 Å². The fraction of sp³-hybridized carbons (Fsp3) is 0.0526. The molecule has 3 rings (SSSR count).